The number of nitrogens with zero attached hydrogens (tertiary/aromatic N) is 2. The maximum Gasteiger partial charge on any atom is 0.244 e. The summed E-state index contributed by atoms with van der Waals surface area (Å²) in [7, 11) is -4.22. The number of benzene rings is 1. The fraction of sp³-hybridized carbons (Fsp3) is 0.476. The zero-order valence-electron chi connectivity index (χ0n) is 18.4. The van der Waals surface area contributed by atoms with E-state index in [-0.39, 0.29) is 24.2 Å². The van der Waals surface area contributed by atoms with Crippen molar-refractivity contribution in [3.05, 3.63) is 41.9 Å². The third-order valence-electron chi connectivity index (χ3n) is 5.39. The summed E-state index contributed by atoms with van der Waals surface area (Å²) in [5.74, 6) is -0.285. The molecule has 1 atom stereocenters. The van der Waals surface area contributed by atoms with Gasteiger partial charge in [0.2, 0.25) is 21.8 Å². The maximum atomic E-state index is 14.1. The van der Waals surface area contributed by atoms with Gasteiger partial charge in [-0.2, -0.15) is 16.5 Å². The molecule has 1 aliphatic rings. The number of amides is 2. The fourth-order valence-corrected chi connectivity index (χ4v) is 5.39. The highest BCUT2D eigenvalue weighted by Gasteiger charge is 2.33. The van der Waals surface area contributed by atoms with Crippen LogP contribution in [0.4, 0.5) is 10.2 Å². The Kier molecular flexibility index (Phi) is 8.49. The van der Waals surface area contributed by atoms with Crippen LogP contribution >= 0.6 is 11.8 Å². The lowest BCUT2D eigenvalue weighted by Gasteiger charge is -2.33. The van der Waals surface area contributed by atoms with E-state index >= 15 is 0 Å². The summed E-state index contributed by atoms with van der Waals surface area (Å²) >= 11 is 1.48. The van der Waals surface area contributed by atoms with Gasteiger partial charge in [0.15, 0.2) is 5.82 Å². The molecule has 1 saturated heterocycles. The normalized spacial score (nSPS) is 15.9. The minimum absolute atomic E-state index is 0.199. The third-order valence-corrected chi connectivity index (χ3v) is 7.54. The van der Waals surface area contributed by atoms with Crippen molar-refractivity contribution in [1.82, 2.24) is 14.8 Å². The molecule has 0 bridgehead atoms. The van der Waals surface area contributed by atoms with Crippen LogP contribution in [0.15, 0.2) is 39.8 Å². The highest BCUT2D eigenvalue weighted by molar-refractivity contribution is 7.98. The van der Waals surface area contributed by atoms with Crippen LogP contribution in [-0.4, -0.2) is 61.4 Å². The molecule has 1 unspecified atom stereocenters. The number of hydrogen-bond acceptors (Lipinski definition) is 7. The third kappa shape index (κ3) is 6.55. The van der Waals surface area contributed by atoms with Gasteiger partial charge in [0.05, 0.1) is 0 Å². The van der Waals surface area contributed by atoms with E-state index in [1.54, 1.807) is 17.9 Å². The Hall–Kier alpha value is -2.44. The summed E-state index contributed by atoms with van der Waals surface area (Å²) in [6.45, 7) is 2.35. The Balaban J connectivity index is 1.63. The Labute approximate surface area is 196 Å². The first-order valence-electron chi connectivity index (χ1n) is 10.5. The van der Waals surface area contributed by atoms with E-state index in [1.807, 2.05) is 6.26 Å². The zero-order valence-corrected chi connectivity index (χ0v) is 20.0. The van der Waals surface area contributed by atoms with Crippen LogP contribution in [0.3, 0.4) is 0 Å². The van der Waals surface area contributed by atoms with Gasteiger partial charge in [0.25, 0.3) is 0 Å². The molecule has 180 valence electrons. The molecule has 2 aromatic rings. The molecule has 9 nitrogen and oxygen atoms in total. The molecular formula is C21H27FN4O5S2. The molecule has 12 heteroatoms. The largest absolute Gasteiger partial charge is 0.360 e. The van der Waals surface area contributed by atoms with Crippen molar-refractivity contribution >= 4 is 39.4 Å². The maximum absolute atomic E-state index is 14.1. The number of aromatic nitrogens is 1. The number of hydrogen-bond donors (Lipinski definition) is 2. The SMILES string of the molecule is CSCCC(NS(=O)(=O)c1ccccc1F)C(=O)N1CCC(C(=O)Nc2cc(C)on2)CC1. The van der Waals surface area contributed by atoms with Gasteiger partial charge in [-0.1, -0.05) is 17.3 Å². The fourth-order valence-electron chi connectivity index (χ4n) is 3.62. The van der Waals surface area contributed by atoms with Crippen LogP contribution in [0.2, 0.25) is 0 Å². The Morgan fingerprint density at radius 1 is 1.30 bits per heavy atom. The molecule has 1 fully saturated rings. The first kappa shape index (κ1) is 25.2. The number of rotatable bonds is 9. The van der Waals surface area contributed by atoms with Crippen LogP contribution in [0, 0.1) is 18.7 Å². The van der Waals surface area contributed by atoms with Crippen LogP contribution in [-0.2, 0) is 19.6 Å². The van der Waals surface area contributed by atoms with E-state index in [4.69, 9.17) is 4.52 Å². The second kappa shape index (κ2) is 11.1. The van der Waals surface area contributed by atoms with Gasteiger partial charge in [-0.3, -0.25) is 9.59 Å². The number of sulfonamides is 1. The van der Waals surface area contributed by atoms with Crippen LogP contribution in [0.1, 0.15) is 25.0 Å². The van der Waals surface area contributed by atoms with Crippen molar-refractivity contribution in [3.63, 3.8) is 0 Å². The predicted octanol–water partition coefficient (Wildman–Crippen LogP) is 2.40. The van der Waals surface area contributed by atoms with Crippen molar-refractivity contribution in [3.8, 4) is 0 Å². The molecule has 2 N–H and O–H groups in total. The van der Waals surface area contributed by atoms with Crippen LogP contribution in [0.25, 0.3) is 0 Å². The summed E-state index contributed by atoms with van der Waals surface area (Å²) in [4.78, 5) is 26.7. The molecule has 0 saturated carbocycles. The average Bonchev–Trinajstić information content (AvgIpc) is 3.20. The van der Waals surface area contributed by atoms with E-state index in [0.717, 1.165) is 12.1 Å². The topological polar surface area (TPSA) is 122 Å². The summed E-state index contributed by atoms with van der Waals surface area (Å²) in [5.41, 5.74) is 0. The second-order valence-electron chi connectivity index (χ2n) is 7.80. The van der Waals surface area contributed by atoms with Crippen molar-refractivity contribution in [2.24, 2.45) is 5.92 Å². The summed E-state index contributed by atoms with van der Waals surface area (Å²) < 4.78 is 46.8. The molecular weight excluding hydrogens is 471 g/mol. The van der Waals surface area contributed by atoms with E-state index in [0.29, 0.717) is 43.3 Å². The number of thioether (sulfide) groups is 1. The molecule has 1 aromatic carbocycles. The Bertz CT molecular complexity index is 1080. The summed E-state index contributed by atoms with van der Waals surface area (Å²) in [6, 6.07) is 5.64. The molecule has 0 spiro atoms. The molecule has 1 aromatic heterocycles. The van der Waals surface area contributed by atoms with Gasteiger partial charge in [0.1, 0.15) is 22.5 Å². The lowest BCUT2D eigenvalue weighted by molar-refractivity contribution is -0.136. The van der Waals surface area contributed by atoms with Crippen molar-refractivity contribution in [2.45, 2.75) is 37.1 Å². The summed E-state index contributed by atoms with van der Waals surface area (Å²) in [6.07, 6.45) is 2.99. The van der Waals surface area contributed by atoms with Gasteiger partial charge in [0, 0.05) is 25.1 Å². The monoisotopic (exact) mass is 498 g/mol. The molecule has 3 rings (SSSR count). The minimum atomic E-state index is -4.22. The first-order chi connectivity index (χ1) is 15.7. The number of nitrogens with one attached hydrogen (secondary N) is 2. The molecule has 1 aliphatic heterocycles. The Morgan fingerprint density at radius 3 is 2.61 bits per heavy atom. The van der Waals surface area contributed by atoms with E-state index < -0.39 is 26.8 Å². The van der Waals surface area contributed by atoms with Gasteiger partial charge >= 0.3 is 0 Å². The van der Waals surface area contributed by atoms with Gasteiger partial charge in [-0.25, -0.2) is 12.8 Å². The lowest BCUT2D eigenvalue weighted by Crippen LogP contribution is -2.51. The predicted molar refractivity (Wildman–Crippen MR) is 123 cm³/mol. The summed E-state index contributed by atoms with van der Waals surface area (Å²) in [5, 5.41) is 6.45. The standard InChI is InChI=1S/C21H27FN4O5S2/c1-14-13-19(24-31-14)23-20(27)15-7-10-26(11-8-15)21(28)17(9-12-32-2)25-33(29,30)18-6-4-3-5-16(18)22/h3-6,13,15,17,25H,7-12H2,1-2H3,(H,23,24,27). The van der Waals surface area contributed by atoms with Crippen molar-refractivity contribution < 1.29 is 26.9 Å². The Morgan fingerprint density at radius 2 is 2.00 bits per heavy atom. The van der Waals surface area contributed by atoms with Crippen molar-refractivity contribution in [1.29, 1.82) is 0 Å². The molecule has 0 aliphatic carbocycles. The first-order valence-corrected chi connectivity index (χ1v) is 13.4. The number of piperidine rings is 1. The highest BCUT2D eigenvalue weighted by atomic mass is 32.2. The highest BCUT2D eigenvalue weighted by Crippen LogP contribution is 2.22. The lowest BCUT2D eigenvalue weighted by atomic mass is 9.95. The quantitative estimate of drug-likeness (QED) is 0.544. The van der Waals surface area contributed by atoms with Gasteiger partial charge in [-0.05, 0) is 50.3 Å². The number of aryl methyl sites for hydroxylation is 1. The average molecular weight is 499 g/mol. The van der Waals surface area contributed by atoms with E-state index in [9.17, 15) is 22.4 Å². The molecule has 0 radical (unpaired) electrons. The van der Waals surface area contributed by atoms with Crippen LogP contribution in [0.5, 0.6) is 0 Å². The number of carbonyl (C=O) groups is 2. The van der Waals surface area contributed by atoms with Crippen LogP contribution < -0.4 is 10.0 Å². The number of anilines is 1. The molecule has 33 heavy (non-hydrogen) atoms. The molecule has 2 amide bonds. The zero-order chi connectivity index (χ0) is 24.0. The van der Waals surface area contributed by atoms with E-state index in [2.05, 4.69) is 15.2 Å². The second-order valence-corrected chi connectivity index (χ2v) is 10.5. The number of halogens is 1. The molecule has 2 heterocycles. The van der Waals surface area contributed by atoms with Crippen molar-refractivity contribution in [2.75, 3.05) is 30.4 Å². The smallest absolute Gasteiger partial charge is 0.244 e. The van der Waals surface area contributed by atoms with E-state index in [1.165, 1.54) is 23.9 Å². The minimum Gasteiger partial charge on any atom is -0.360 e. The number of carbonyl (C=O) groups excluding carboxylic acids is 2. The van der Waals surface area contributed by atoms with Gasteiger partial charge in [-0.15, -0.1) is 0 Å². The number of likely N-dealkylation sites (tertiary alicyclic amines) is 1. The van der Waals surface area contributed by atoms with Gasteiger partial charge < -0.3 is 14.7 Å².